The minimum Gasteiger partial charge on any atom is -0.481 e. The Bertz CT molecular complexity index is 497. The lowest BCUT2D eigenvalue weighted by Gasteiger charge is -2.36. The van der Waals surface area contributed by atoms with E-state index in [0.717, 1.165) is 38.3 Å². The number of methoxy groups -OCH3 is 1. The molecule has 5 nitrogen and oxygen atoms in total. The van der Waals surface area contributed by atoms with E-state index in [9.17, 15) is 0 Å². The normalized spacial score (nSPS) is 21.2. The lowest BCUT2D eigenvalue weighted by molar-refractivity contribution is -0.134. The zero-order chi connectivity index (χ0) is 15.9. The smallest absolute Gasteiger partial charge is 0.300 e. The van der Waals surface area contributed by atoms with E-state index in [1.165, 1.54) is 11.1 Å². The molecular weight excluding hydrogens is 270 g/mol. The fourth-order valence-corrected chi connectivity index (χ4v) is 2.58. The van der Waals surface area contributed by atoms with E-state index in [4.69, 9.17) is 19.8 Å². The third-order valence-electron chi connectivity index (χ3n) is 3.71. The molecule has 1 fully saturated rings. The molecule has 2 N–H and O–H groups in total. The number of hydrogen-bond acceptors (Lipinski definition) is 4. The number of nitrogens with zero attached hydrogens (tertiary/aromatic N) is 1. The first-order valence-electron chi connectivity index (χ1n) is 6.95. The van der Waals surface area contributed by atoms with Gasteiger partial charge in [-0.25, -0.2) is 0 Å². The summed E-state index contributed by atoms with van der Waals surface area (Å²) in [5, 5.41) is 19.5. The molecule has 0 bridgehead atoms. The summed E-state index contributed by atoms with van der Waals surface area (Å²) in [6, 6.07) is 8.47. The van der Waals surface area contributed by atoms with Crippen molar-refractivity contribution in [2.75, 3.05) is 7.11 Å². The van der Waals surface area contributed by atoms with Crippen molar-refractivity contribution >= 4 is 11.7 Å². The van der Waals surface area contributed by atoms with Crippen LogP contribution in [-0.2, 0) is 15.1 Å². The Kier molecular flexibility index (Phi) is 6.37. The van der Waals surface area contributed by atoms with Gasteiger partial charge in [-0.05, 0) is 38.2 Å². The third-order valence-corrected chi connectivity index (χ3v) is 3.71. The molecule has 1 aromatic carbocycles. The van der Waals surface area contributed by atoms with Crippen molar-refractivity contribution in [3.8, 4) is 0 Å². The molecule has 1 aromatic rings. The molecule has 1 aliphatic rings. The molecule has 0 aromatic heterocycles. The monoisotopic (exact) mass is 293 g/mol. The number of rotatable bonds is 2. The zero-order valence-electron chi connectivity index (χ0n) is 12.8. The molecule has 1 aliphatic carbocycles. The summed E-state index contributed by atoms with van der Waals surface area (Å²) in [6.07, 6.45) is 3.37. The maximum absolute atomic E-state index is 9.00. The van der Waals surface area contributed by atoms with Crippen LogP contribution in [0.4, 0.5) is 0 Å². The number of aryl methyl sites for hydroxylation is 1. The van der Waals surface area contributed by atoms with Crippen LogP contribution in [0.3, 0.4) is 0 Å². The van der Waals surface area contributed by atoms with Gasteiger partial charge in [0.2, 0.25) is 0 Å². The van der Waals surface area contributed by atoms with Gasteiger partial charge in [0.25, 0.3) is 5.97 Å². The summed E-state index contributed by atoms with van der Waals surface area (Å²) < 4.78 is 5.78. The van der Waals surface area contributed by atoms with Crippen molar-refractivity contribution in [1.82, 2.24) is 0 Å². The second-order valence-corrected chi connectivity index (χ2v) is 5.25. The van der Waals surface area contributed by atoms with Crippen LogP contribution in [0, 0.1) is 6.92 Å². The van der Waals surface area contributed by atoms with Gasteiger partial charge in [-0.1, -0.05) is 35.0 Å². The molecule has 0 aliphatic heterocycles. The summed E-state index contributed by atoms with van der Waals surface area (Å²) in [6.45, 7) is 3.18. The van der Waals surface area contributed by atoms with Crippen molar-refractivity contribution in [1.29, 1.82) is 0 Å². The summed E-state index contributed by atoms with van der Waals surface area (Å²) in [7, 11) is 1.77. The molecule has 0 atom stereocenters. The van der Waals surface area contributed by atoms with E-state index < -0.39 is 5.97 Å². The van der Waals surface area contributed by atoms with Crippen LogP contribution in [0.25, 0.3) is 0 Å². The van der Waals surface area contributed by atoms with Crippen LogP contribution in [-0.4, -0.2) is 29.1 Å². The van der Waals surface area contributed by atoms with Gasteiger partial charge in [-0.3, -0.25) is 4.79 Å². The average Bonchev–Trinajstić information content (AvgIpc) is 2.47. The second-order valence-electron chi connectivity index (χ2n) is 5.25. The Balaban J connectivity index is 0.000000491. The highest BCUT2D eigenvalue weighted by Gasteiger charge is 2.35. The van der Waals surface area contributed by atoms with Gasteiger partial charge in [0.05, 0.1) is 11.3 Å². The second kappa shape index (κ2) is 7.78. The number of benzene rings is 1. The van der Waals surface area contributed by atoms with E-state index in [1.807, 2.05) is 0 Å². The lowest BCUT2D eigenvalue weighted by atomic mass is 9.78. The van der Waals surface area contributed by atoms with Gasteiger partial charge in [0, 0.05) is 14.0 Å². The van der Waals surface area contributed by atoms with Crippen molar-refractivity contribution in [2.24, 2.45) is 5.16 Å². The predicted octanol–water partition coefficient (Wildman–Crippen LogP) is 3.33. The van der Waals surface area contributed by atoms with Gasteiger partial charge < -0.3 is 15.1 Å². The summed E-state index contributed by atoms with van der Waals surface area (Å²) in [4.78, 5) is 9.00. The Labute approximate surface area is 125 Å². The first kappa shape index (κ1) is 17.2. The lowest BCUT2D eigenvalue weighted by Crippen LogP contribution is -2.33. The Morgan fingerprint density at radius 1 is 1.33 bits per heavy atom. The minimum absolute atomic E-state index is 0.208. The van der Waals surface area contributed by atoms with Gasteiger partial charge in [-0.2, -0.15) is 0 Å². The molecule has 2 rings (SSSR count). The molecule has 0 saturated heterocycles. The number of oxime groups is 1. The van der Waals surface area contributed by atoms with Crippen molar-refractivity contribution in [2.45, 2.75) is 45.1 Å². The number of ether oxygens (including phenoxy) is 1. The van der Waals surface area contributed by atoms with Crippen molar-refractivity contribution in [3.05, 3.63) is 35.4 Å². The highest BCUT2D eigenvalue weighted by Crippen LogP contribution is 2.39. The minimum atomic E-state index is -0.833. The Morgan fingerprint density at radius 2 is 1.90 bits per heavy atom. The predicted molar refractivity (Wildman–Crippen MR) is 80.9 cm³/mol. The number of carbonyl (C=O) groups is 1. The topological polar surface area (TPSA) is 79.1 Å². The van der Waals surface area contributed by atoms with E-state index in [-0.39, 0.29) is 5.60 Å². The van der Waals surface area contributed by atoms with Crippen LogP contribution < -0.4 is 0 Å². The van der Waals surface area contributed by atoms with Gasteiger partial charge in [0.15, 0.2) is 0 Å². The summed E-state index contributed by atoms with van der Waals surface area (Å²) in [5.41, 5.74) is 3.16. The van der Waals surface area contributed by atoms with Crippen molar-refractivity contribution < 1.29 is 19.8 Å². The Morgan fingerprint density at radius 3 is 2.33 bits per heavy atom. The molecule has 116 valence electrons. The third kappa shape index (κ3) is 4.86. The maximum atomic E-state index is 9.00. The summed E-state index contributed by atoms with van der Waals surface area (Å²) >= 11 is 0. The van der Waals surface area contributed by atoms with Crippen LogP contribution >= 0.6 is 0 Å². The molecular formula is C16H23NO4. The van der Waals surface area contributed by atoms with Crippen LogP contribution in [0.2, 0.25) is 0 Å². The van der Waals surface area contributed by atoms with E-state index in [0.29, 0.717) is 0 Å². The number of aliphatic carboxylic acids is 1. The number of carboxylic acids is 1. The van der Waals surface area contributed by atoms with Crippen LogP contribution in [0.15, 0.2) is 29.4 Å². The average molecular weight is 293 g/mol. The fourth-order valence-electron chi connectivity index (χ4n) is 2.58. The standard InChI is InChI=1S/C14H19NO2.C2H4O2/c1-11-4-3-5-12(10-11)14(17-2)8-6-13(15-16)7-9-14;1-2(3)4/h3-5,10,16H,6-9H2,1-2H3;1H3,(H,3,4). The first-order valence-corrected chi connectivity index (χ1v) is 6.95. The Hall–Kier alpha value is -1.88. The van der Waals surface area contributed by atoms with E-state index in [1.54, 1.807) is 7.11 Å². The molecule has 0 heterocycles. The fraction of sp³-hybridized carbons (Fsp3) is 0.500. The quantitative estimate of drug-likeness (QED) is 0.647. The van der Waals surface area contributed by atoms with Crippen LogP contribution in [0.5, 0.6) is 0 Å². The molecule has 0 spiro atoms. The largest absolute Gasteiger partial charge is 0.481 e. The molecule has 0 amide bonds. The number of carboxylic acid groups (broad SMARTS) is 1. The molecule has 0 unspecified atom stereocenters. The van der Waals surface area contributed by atoms with Crippen LogP contribution in [0.1, 0.15) is 43.7 Å². The van der Waals surface area contributed by atoms with E-state index in [2.05, 4.69) is 36.3 Å². The van der Waals surface area contributed by atoms with E-state index >= 15 is 0 Å². The highest BCUT2D eigenvalue weighted by molar-refractivity contribution is 5.84. The SMILES string of the molecule is CC(=O)O.COC1(c2cccc(C)c2)CCC(=NO)CC1. The van der Waals surface area contributed by atoms with Gasteiger partial charge in [-0.15, -0.1) is 0 Å². The zero-order valence-corrected chi connectivity index (χ0v) is 12.8. The highest BCUT2D eigenvalue weighted by atomic mass is 16.5. The first-order chi connectivity index (χ1) is 9.93. The molecule has 21 heavy (non-hydrogen) atoms. The molecule has 1 saturated carbocycles. The van der Waals surface area contributed by atoms with Crippen molar-refractivity contribution in [3.63, 3.8) is 0 Å². The number of hydrogen-bond donors (Lipinski definition) is 2. The molecule has 5 heteroatoms. The van der Waals surface area contributed by atoms with Gasteiger partial charge in [0.1, 0.15) is 0 Å². The van der Waals surface area contributed by atoms with Gasteiger partial charge >= 0.3 is 0 Å². The molecule has 0 radical (unpaired) electrons. The summed E-state index contributed by atoms with van der Waals surface area (Å²) in [5.74, 6) is -0.833. The maximum Gasteiger partial charge on any atom is 0.300 e.